The molecule has 1 amide bonds. The minimum absolute atomic E-state index is 0.450. The highest BCUT2D eigenvalue weighted by Crippen LogP contribution is 2.27. The molecule has 6 heteroatoms. The van der Waals surface area contributed by atoms with Crippen LogP contribution in [0.1, 0.15) is 44.7 Å². The molecule has 1 fully saturated rings. The van der Waals surface area contributed by atoms with Crippen LogP contribution in [0.2, 0.25) is 0 Å². The number of hydrogen-bond acceptors (Lipinski definition) is 5. The zero-order chi connectivity index (χ0) is 20.0. The monoisotopic (exact) mass is 377 g/mol. The predicted molar refractivity (Wildman–Crippen MR) is 106 cm³/mol. The quantitative estimate of drug-likeness (QED) is 0.636. The van der Waals surface area contributed by atoms with Crippen molar-refractivity contribution in [3.8, 4) is 6.07 Å². The van der Waals surface area contributed by atoms with Crippen molar-refractivity contribution in [1.29, 1.82) is 5.26 Å². The standard InChI is InChI=1S/C22H23N3O3/c1-16(21(27)25-22(15-23)13-5-2-6-14-22)28-20(26)12-11-18-10-9-17-7-3-4-8-19(17)24-18/h3-4,7-12,16H,2,5-6,13-14H2,1H3,(H,25,27)/b12-11-/t16-/m0/s1. The van der Waals surface area contributed by atoms with Crippen LogP contribution in [-0.4, -0.2) is 28.5 Å². The molecule has 1 atom stereocenters. The first-order valence-corrected chi connectivity index (χ1v) is 9.49. The van der Waals surface area contributed by atoms with E-state index in [0.717, 1.165) is 30.2 Å². The predicted octanol–water partition coefficient (Wildman–Crippen LogP) is 3.52. The Balaban J connectivity index is 1.57. The van der Waals surface area contributed by atoms with Crippen molar-refractivity contribution < 1.29 is 14.3 Å². The minimum atomic E-state index is -0.978. The Kier molecular flexibility index (Phi) is 6.05. The topological polar surface area (TPSA) is 92.1 Å². The number of esters is 1. The number of nitriles is 1. The van der Waals surface area contributed by atoms with Gasteiger partial charge in [0.05, 0.1) is 17.3 Å². The van der Waals surface area contributed by atoms with E-state index < -0.39 is 23.5 Å². The van der Waals surface area contributed by atoms with E-state index >= 15 is 0 Å². The Morgan fingerprint density at radius 3 is 2.71 bits per heavy atom. The molecule has 144 valence electrons. The van der Waals surface area contributed by atoms with Crippen LogP contribution in [0, 0.1) is 11.3 Å². The molecule has 1 aliphatic rings. The summed E-state index contributed by atoms with van der Waals surface area (Å²) in [7, 11) is 0. The van der Waals surface area contributed by atoms with Crippen LogP contribution in [0.4, 0.5) is 0 Å². The van der Waals surface area contributed by atoms with Crippen LogP contribution in [-0.2, 0) is 14.3 Å². The lowest BCUT2D eigenvalue weighted by Crippen LogP contribution is -2.52. The van der Waals surface area contributed by atoms with Gasteiger partial charge in [-0.2, -0.15) is 5.26 Å². The average Bonchev–Trinajstić information content (AvgIpc) is 2.72. The molecule has 1 aromatic carbocycles. The maximum atomic E-state index is 12.4. The lowest BCUT2D eigenvalue weighted by atomic mass is 9.83. The van der Waals surface area contributed by atoms with E-state index in [1.807, 2.05) is 36.4 Å². The molecule has 1 N–H and O–H groups in total. The lowest BCUT2D eigenvalue weighted by molar-refractivity contribution is -0.150. The van der Waals surface area contributed by atoms with Crippen LogP contribution < -0.4 is 5.32 Å². The summed E-state index contributed by atoms with van der Waals surface area (Å²) in [6, 6.07) is 13.7. The van der Waals surface area contributed by atoms with E-state index in [0.29, 0.717) is 18.5 Å². The summed E-state index contributed by atoms with van der Waals surface area (Å²) in [6.07, 6.45) is 5.96. The maximum Gasteiger partial charge on any atom is 0.331 e. The number of nitrogens with zero attached hydrogens (tertiary/aromatic N) is 2. The highest BCUT2D eigenvalue weighted by molar-refractivity contribution is 5.91. The number of carbonyl (C=O) groups is 2. The van der Waals surface area contributed by atoms with Gasteiger partial charge in [0.1, 0.15) is 5.54 Å². The first kappa shape index (κ1) is 19.6. The van der Waals surface area contributed by atoms with Gasteiger partial charge in [0.25, 0.3) is 5.91 Å². The summed E-state index contributed by atoms with van der Waals surface area (Å²) < 4.78 is 5.18. The second kappa shape index (κ2) is 8.66. The molecule has 6 nitrogen and oxygen atoms in total. The van der Waals surface area contributed by atoms with Crippen molar-refractivity contribution in [1.82, 2.24) is 10.3 Å². The molecule has 0 aliphatic heterocycles. The number of rotatable bonds is 5. The molecule has 3 rings (SSSR count). The molecule has 0 saturated heterocycles. The number of nitrogens with one attached hydrogen (secondary N) is 1. The van der Waals surface area contributed by atoms with Crippen molar-refractivity contribution in [3.05, 3.63) is 48.2 Å². The Morgan fingerprint density at radius 1 is 1.21 bits per heavy atom. The van der Waals surface area contributed by atoms with Gasteiger partial charge >= 0.3 is 5.97 Å². The Bertz CT molecular complexity index is 939. The maximum absolute atomic E-state index is 12.4. The van der Waals surface area contributed by atoms with Gasteiger partial charge in [-0.05, 0) is 38.0 Å². The van der Waals surface area contributed by atoms with Gasteiger partial charge in [0, 0.05) is 11.5 Å². The number of carbonyl (C=O) groups excluding carboxylic acids is 2. The van der Waals surface area contributed by atoms with Gasteiger partial charge in [0.15, 0.2) is 6.10 Å². The average molecular weight is 377 g/mol. The molecule has 0 radical (unpaired) electrons. The van der Waals surface area contributed by atoms with Crippen LogP contribution in [0.15, 0.2) is 42.5 Å². The van der Waals surface area contributed by atoms with E-state index in [9.17, 15) is 14.9 Å². The second-order valence-corrected chi connectivity index (χ2v) is 7.09. The number of aromatic nitrogens is 1. The van der Waals surface area contributed by atoms with Gasteiger partial charge < -0.3 is 10.1 Å². The summed E-state index contributed by atoms with van der Waals surface area (Å²) in [5.74, 6) is -1.08. The number of pyridine rings is 1. The van der Waals surface area contributed by atoms with E-state index in [4.69, 9.17) is 4.74 Å². The summed E-state index contributed by atoms with van der Waals surface area (Å²) >= 11 is 0. The highest BCUT2D eigenvalue weighted by Gasteiger charge is 2.35. The molecule has 0 bridgehead atoms. The van der Waals surface area contributed by atoms with Crippen molar-refractivity contribution in [2.45, 2.75) is 50.7 Å². The van der Waals surface area contributed by atoms with Crippen LogP contribution >= 0.6 is 0 Å². The van der Waals surface area contributed by atoms with Crippen LogP contribution in [0.25, 0.3) is 17.0 Å². The lowest BCUT2D eigenvalue weighted by Gasteiger charge is -2.32. The summed E-state index contributed by atoms with van der Waals surface area (Å²) in [5.41, 5.74) is 0.611. The number of fused-ring (bicyclic) bond motifs is 1. The molecule has 2 aromatic rings. The van der Waals surface area contributed by atoms with Gasteiger partial charge in [-0.25, -0.2) is 9.78 Å². The van der Waals surface area contributed by atoms with Crippen molar-refractivity contribution in [3.63, 3.8) is 0 Å². The number of benzene rings is 1. The molecular formula is C22H23N3O3. The fraction of sp³-hybridized carbons (Fsp3) is 0.364. The molecular weight excluding hydrogens is 354 g/mol. The van der Waals surface area contributed by atoms with E-state index in [-0.39, 0.29) is 0 Å². The molecule has 1 aliphatic carbocycles. The third-order valence-electron chi connectivity index (χ3n) is 4.96. The summed E-state index contributed by atoms with van der Waals surface area (Å²) in [6.45, 7) is 1.50. The molecule has 28 heavy (non-hydrogen) atoms. The van der Waals surface area contributed by atoms with Gasteiger partial charge in [0.2, 0.25) is 0 Å². The Hall–Kier alpha value is -3.20. The summed E-state index contributed by atoms with van der Waals surface area (Å²) in [4.78, 5) is 28.9. The van der Waals surface area contributed by atoms with E-state index in [2.05, 4.69) is 16.4 Å². The number of amides is 1. The Labute approximate surface area is 164 Å². The first-order chi connectivity index (χ1) is 13.5. The molecule has 1 aromatic heterocycles. The largest absolute Gasteiger partial charge is 0.449 e. The van der Waals surface area contributed by atoms with Gasteiger partial charge in [-0.3, -0.25) is 4.79 Å². The fourth-order valence-electron chi connectivity index (χ4n) is 3.35. The number of ether oxygens (including phenoxy) is 1. The van der Waals surface area contributed by atoms with Crippen LogP contribution in [0.3, 0.4) is 0 Å². The normalized spacial score (nSPS) is 17.0. The van der Waals surface area contributed by atoms with Crippen molar-refractivity contribution >= 4 is 28.9 Å². The number of para-hydroxylation sites is 1. The summed E-state index contributed by atoms with van der Waals surface area (Å²) in [5, 5.41) is 13.2. The fourth-order valence-corrected chi connectivity index (χ4v) is 3.35. The van der Waals surface area contributed by atoms with Gasteiger partial charge in [-0.15, -0.1) is 0 Å². The second-order valence-electron chi connectivity index (χ2n) is 7.09. The molecule has 0 spiro atoms. The minimum Gasteiger partial charge on any atom is -0.449 e. The SMILES string of the molecule is C[C@H](OC(=O)/C=C\c1ccc2ccccc2n1)C(=O)NC1(C#N)CCCCC1. The highest BCUT2D eigenvalue weighted by atomic mass is 16.5. The Morgan fingerprint density at radius 2 is 1.96 bits per heavy atom. The van der Waals surface area contributed by atoms with E-state index in [1.54, 1.807) is 6.08 Å². The van der Waals surface area contributed by atoms with Crippen LogP contribution in [0.5, 0.6) is 0 Å². The van der Waals surface area contributed by atoms with E-state index in [1.165, 1.54) is 13.0 Å². The van der Waals surface area contributed by atoms with Gasteiger partial charge in [-0.1, -0.05) is 43.5 Å². The smallest absolute Gasteiger partial charge is 0.331 e. The zero-order valence-corrected chi connectivity index (χ0v) is 15.9. The molecule has 1 saturated carbocycles. The first-order valence-electron chi connectivity index (χ1n) is 9.49. The van der Waals surface area contributed by atoms with Crippen molar-refractivity contribution in [2.75, 3.05) is 0 Å². The third-order valence-corrected chi connectivity index (χ3v) is 4.96. The number of hydrogen-bond donors (Lipinski definition) is 1. The van der Waals surface area contributed by atoms with Crippen molar-refractivity contribution in [2.24, 2.45) is 0 Å². The zero-order valence-electron chi connectivity index (χ0n) is 15.9. The molecule has 0 unspecified atom stereocenters. The third kappa shape index (κ3) is 4.74. The molecule has 1 heterocycles.